The molecule has 1 fully saturated rings. The molecule has 1 aliphatic heterocycles. The van der Waals surface area contributed by atoms with Crippen LogP contribution in [-0.2, 0) is 28.5 Å². The topological polar surface area (TPSA) is 91.4 Å². The van der Waals surface area contributed by atoms with Crippen LogP contribution < -0.4 is 0 Å². The summed E-state index contributed by atoms with van der Waals surface area (Å²) in [6.07, 6.45) is 8.65. The summed E-state index contributed by atoms with van der Waals surface area (Å²) in [5.41, 5.74) is 1.00. The van der Waals surface area contributed by atoms with E-state index in [0.717, 1.165) is 51.4 Å². The van der Waals surface area contributed by atoms with Crippen molar-refractivity contribution < 1.29 is 33.3 Å². The molecule has 0 unspecified atom stereocenters. The lowest BCUT2D eigenvalue weighted by Crippen LogP contribution is -2.41. The first-order valence-electron chi connectivity index (χ1n) is 11.6. The van der Waals surface area contributed by atoms with Crippen LogP contribution in [0.3, 0.4) is 0 Å². The highest BCUT2D eigenvalue weighted by atomic mass is 16.6. The van der Waals surface area contributed by atoms with Gasteiger partial charge in [0.1, 0.15) is 0 Å². The largest absolute Gasteiger partial charge is 0.489 e. The van der Waals surface area contributed by atoms with E-state index in [0.29, 0.717) is 50.5 Å². The van der Waals surface area contributed by atoms with Gasteiger partial charge in [-0.1, -0.05) is 38.5 Å². The zero-order valence-electron chi connectivity index (χ0n) is 19.7. The maximum absolute atomic E-state index is 12.6. The quantitative estimate of drug-likeness (QED) is 0.309. The second-order valence-corrected chi connectivity index (χ2v) is 8.12. The molecule has 180 valence electrons. The Labute approximate surface area is 190 Å². The Balaban J connectivity index is 1.52. The molecule has 2 rings (SSSR count). The van der Waals surface area contributed by atoms with Gasteiger partial charge in [0.25, 0.3) is 0 Å². The summed E-state index contributed by atoms with van der Waals surface area (Å²) in [6.45, 7) is 4.54. The van der Waals surface area contributed by atoms with Gasteiger partial charge in [0.05, 0.1) is 34.0 Å². The molecule has 1 amide bonds. The summed E-state index contributed by atoms with van der Waals surface area (Å²) in [7, 11) is 2.75. The maximum Gasteiger partial charge on any atom is 0.409 e. The third-order valence-corrected chi connectivity index (χ3v) is 5.91. The molecule has 0 atom stereocenters. The highest BCUT2D eigenvalue weighted by Crippen LogP contribution is 2.28. The van der Waals surface area contributed by atoms with Crippen LogP contribution in [0.2, 0.25) is 0 Å². The van der Waals surface area contributed by atoms with Crippen LogP contribution in [0.1, 0.15) is 64.7 Å². The van der Waals surface area contributed by atoms with Crippen molar-refractivity contribution in [2.75, 3.05) is 47.1 Å². The lowest BCUT2D eigenvalue weighted by molar-refractivity contribution is -0.121. The van der Waals surface area contributed by atoms with Gasteiger partial charge in [-0.25, -0.2) is 4.79 Å². The Hall–Kier alpha value is -2.35. The Morgan fingerprint density at radius 3 is 1.97 bits per heavy atom. The van der Waals surface area contributed by atoms with Crippen molar-refractivity contribution in [2.45, 2.75) is 64.7 Å². The molecular weight excluding hydrogens is 414 g/mol. The number of allylic oxidation sites excluding steroid dienone is 2. The lowest BCUT2D eigenvalue weighted by Gasteiger charge is -2.25. The van der Waals surface area contributed by atoms with Crippen LogP contribution in [0, 0.1) is 0 Å². The Morgan fingerprint density at radius 1 is 0.844 bits per heavy atom. The number of hydrogen-bond donors (Lipinski definition) is 0. The summed E-state index contributed by atoms with van der Waals surface area (Å²) in [4.78, 5) is 38.5. The minimum Gasteiger partial charge on any atom is -0.489 e. The standard InChI is InChI=1S/C24H37NO7/c1-18-19(21(27)23(30-3)22(29-2)20(18)26)12-10-8-6-4-5-7-9-11-15-32-24(28)25-13-16-31-17-14-25/h4-17H2,1-3H3. The normalized spacial score (nSPS) is 17.2. The van der Waals surface area contributed by atoms with E-state index in [4.69, 9.17) is 18.9 Å². The molecule has 0 aromatic rings. The molecule has 2 aliphatic rings. The maximum atomic E-state index is 12.6. The number of rotatable bonds is 13. The van der Waals surface area contributed by atoms with E-state index in [9.17, 15) is 14.4 Å². The van der Waals surface area contributed by atoms with Gasteiger partial charge < -0.3 is 23.8 Å². The number of Topliss-reactive ketones (excluding diaryl/α,β-unsaturated/α-hetero) is 2. The van der Waals surface area contributed by atoms with Crippen LogP contribution in [0.25, 0.3) is 0 Å². The highest BCUT2D eigenvalue weighted by Gasteiger charge is 2.34. The van der Waals surface area contributed by atoms with Gasteiger partial charge in [-0.3, -0.25) is 9.59 Å². The highest BCUT2D eigenvalue weighted by molar-refractivity contribution is 6.23. The van der Waals surface area contributed by atoms with Crippen molar-refractivity contribution in [2.24, 2.45) is 0 Å². The number of unbranched alkanes of at least 4 members (excludes halogenated alkanes) is 7. The molecule has 1 heterocycles. The Bertz CT molecular complexity index is 720. The monoisotopic (exact) mass is 451 g/mol. The zero-order chi connectivity index (χ0) is 23.3. The summed E-state index contributed by atoms with van der Waals surface area (Å²) in [5, 5.41) is 0. The lowest BCUT2D eigenvalue weighted by atomic mass is 9.89. The minimum atomic E-state index is -0.269. The second-order valence-electron chi connectivity index (χ2n) is 8.12. The van der Waals surface area contributed by atoms with E-state index < -0.39 is 0 Å². The van der Waals surface area contributed by atoms with Crippen molar-refractivity contribution in [1.82, 2.24) is 4.90 Å². The molecule has 0 N–H and O–H groups in total. The zero-order valence-corrected chi connectivity index (χ0v) is 19.7. The van der Waals surface area contributed by atoms with Crippen LogP contribution in [0.5, 0.6) is 0 Å². The number of nitrogens with zero attached hydrogens (tertiary/aromatic N) is 1. The molecule has 8 nitrogen and oxygen atoms in total. The van der Waals surface area contributed by atoms with E-state index in [1.807, 2.05) is 0 Å². The molecule has 1 aliphatic carbocycles. The summed E-state index contributed by atoms with van der Waals surface area (Å²) in [5.74, 6) is -0.506. The SMILES string of the molecule is COC1=C(OC)C(=O)C(CCCCCCCCCCOC(=O)N2CCOCC2)=C(C)C1=O. The molecule has 0 spiro atoms. The van der Waals surface area contributed by atoms with Crippen molar-refractivity contribution in [1.29, 1.82) is 0 Å². The van der Waals surface area contributed by atoms with Crippen molar-refractivity contribution in [3.8, 4) is 0 Å². The number of methoxy groups -OCH3 is 2. The van der Waals surface area contributed by atoms with Gasteiger partial charge in [-0.05, 0) is 26.2 Å². The van der Waals surface area contributed by atoms with E-state index in [-0.39, 0.29) is 29.2 Å². The smallest absolute Gasteiger partial charge is 0.409 e. The molecule has 0 radical (unpaired) electrons. The van der Waals surface area contributed by atoms with Crippen LogP contribution in [-0.4, -0.2) is 69.7 Å². The van der Waals surface area contributed by atoms with E-state index in [1.54, 1.807) is 11.8 Å². The van der Waals surface area contributed by atoms with Gasteiger partial charge in [-0.15, -0.1) is 0 Å². The summed E-state index contributed by atoms with van der Waals surface area (Å²) < 4.78 is 20.7. The van der Waals surface area contributed by atoms with Crippen LogP contribution >= 0.6 is 0 Å². The molecular formula is C24H37NO7. The van der Waals surface area contributed by atoms with Gasteiger partial charge in [-0.2, -0.15) is 0 Å². The molecule has 32 heavy (non-hydrogen) atoms. The first-order chi connectivity index (χ1) is 15.5. The number of ketones is 2. The van der Waals surface area contributed by atoms with E-state index in [2.05, 4.69) is 0 Å². The van der Waals surface area contributed by atoms with Crippen molar-refractivity contribution in [3.63, 3.8) is 0 Å². The summed E-state index contributed by atoms with van der Waals surface area (Å²) in [6, 6.07) is 0. The van der Waals surface area contributed by atoms with E-state index in [1.165, 1.54) is 14.2 Å². The Morgan fingerprint density at radius 2 is 1.38 bits per heavy atom. The third-order valence-electron chi connectivity index (χ3n) is 5.91. The number of carbonyl (C=O) groups excluding carboxylic acids is 3. The first kappa shape index (κ1) is 25.9. The van der Waals surface area contributed by atoms with E-state index >= 15 is 0 Å². The third kappa shape index (κ3) is 7.36. The number of hydrogen-bond acceptors (Lipinski definition) is 7. The van der Waals surface area contributed by atoms with Crippen LogP contribution in [0.4, 0.5) is 4.79 Å². The van der Waals surface area contributed by atoms with Crippen LogP contribution in [0.15, 0.2) is 22.7 Å². The molecule has 0 bridgehead atoms. The fourth-order valence-electron chi connectivity index (χ4n) is 3.95. The molecule has 0 aromatic carbocycles. The average Bonchev–Trinajstić information content (AvgIpc) is 2.81. The number of morpholine rings is 1. The van der Waals surface area contributed by atoms with Gasteiger partial charge >= 0.3 is 6.09 Å². The van der Waals surface area contributed by atoms with Crippen molar-refractivity contribution in [3.05, 3.63) is 22.7 Å². The fraction of sp³-hybridized carbons (Fsp3) is 0.708. The second kappa shape index (κ2) is 13.9. The molecule has 0 saturated carbocycles. The minimum absolute atomic E-state index is 0.00499. The number of amides is 1. The summed E-state index contributed by atoms with van der Waals surface area (Å²) >= 11 is 0. The number of carbonyl (C=O) groups is 3. The Kier molecular flexibility index (Phi) is 11.3. The molecule has 1 saturated heterocycles. The number of ether oxygens (including phenoxy) is 4. The van der Waals surface area contributed by atoms with Gasteiger partial charge in [0, 0.05) is 24.2 Å². The predicted octanol–water partition coefficient (Wildman–Crippen LogP) is 3.94. The van der Waals surface area contributed by atoms with Gasteiger partial charge in [0.2, 0.25) is 23.1 Å². The van der Waals surface area contributed by atoms with Gasteiger partial charge in [0.15, 0.2) is 0 Å². The molecule has 0 aromatic heterocycles. The average molecular weight is 452 g/mol. The van der Waals surface area contributed by atoms with Crippen molar-refractivity contribution >= 4 is 17.7 Å². The molecule has 8 heteroatoms. The first-order valence-corrected chi connectivity index (χ1v) is 11.6. The fourth-order valence-corrected chi connectivity index (χ4v) is 3.95. The predicted molar refractivity (Wildman–Crippen MR) is 119 cm³/mol.